The average Bonchev–Trinajstić information content (AvgIpc) is 2.67. The predicted octanol–water partition coefficient (Wildman–Crippen LogP) is 2.97. The largest absolute Gasteiger partial charge is 0.463 e. The lowest BCUT2D eigenvalue weighted by Gasteiger charge is -2.34. The molecule has 2 atom stereocenters. The van der Waals surface area contributed by atoms with Crippen molar-refractivity contribution in [1.82, 2.24) is 0 Å². The molecule has 8 nitrogen and oxygen atoms in total. The first-order valence-electron chi connectivity index (χ1n) is 9.15. The lowest BCUT2D eigenvalue weighted by Crippen LogP contribution is -2.37. The Kier molecular flexibility index (Phi) is 5.99. The first-order valence-corrected chi connectivity index (χ1v) is 9.15. The van der Waals surface area contributed by atoms with Crippen LogP contribution in [0.2, 0.25) is 0 Å². The zero-order chi connectivity index (χ0) is 20.3. The van der Waals surface area contributed by atoms with Gasteiger partial charge in [0.2, 0.25) is 0 Å². The van der Waals surface area contributed by atoms with E-state index in [1.807, 2.05) is 0 Å². The van der Waals surface area contributed by atoms with Gasteiger partial charge in [-0.2, -0.15) is 0 Å². The van der Waals surface area contributed by atoms with Crippen molar-refractivity contribution >= 4 is 23.2 Å². The van der Waals surface area contributed by atoms with E-state index in [2.05, 4.69) is 4.99 Å². The summed E-state index contributed by atoms with van der Waals surface area (Å²) in [4.78, 5) is 40.6. The molecule has 148 valence electrons. The van der Waals surface area contributed by atoms with Crippen molar-refractivity contribution in [1.29, 1.82) is 0 Å². The number of methoxy groups -OCH3 is 1. The van der Waals surface area contributed by atoms with Crippen LogP contribution in [0.4, 0.5) is 5.69 Å². The first-order chi connectivity index (χ1) is 13.4. The summed E-state index contributed by atoms with van der Waals surface area (Å²) in [5.41, 5.74) is 2.43. The van der Waals surface area contributed by atoms with Crippen LogP contribution in [0.15, 0.2) is 40.5 Å². The van der Waals surface area contributed by atoms with Gasteiger partial charge in [-0.1, -0.05) is 12.1 Å². The fraction of sp³-hybridized carbons (Fsp3) is 0.450. The molecule has 1 aliphatic carbocycles. The Morgan fingerprint density at radius 3 is 2.61 bits per heavy atom. The van der Waals surface area contributed by atoms with Crippen molar-refractivity contribution in [3.05, 3.63) is 51.2 Å². The van der Waals surface area contributed by atoms with Gasteiger partial charge in [0.15, 0.2) is 5.78 Å². The van der Waals surface area contributed by atoms with Crippen molar-refractivity contribution in [2.75, 3.05) is 20.3 Å². The highest BCUT2D eigenvalue weighted by molar-refractivity contribution is 6.08. The molecule has 28 heavy (non-hydrogen) atoms. The number of non-ortho nitro benzene ring substituents is 1. The number of esters is 1. The van der Waals surface area contributed by atoms with Gasteiger partial charge in [0.1, 0.15) is 12.5 Å². The normalized spacial score (nSPS) is 21.8. The molecule has 0 aromatic heterocycles. The number of Topliss-reactive ketones (excluding diaryl/α,β-unsaturated/α-hetero) is 1. The summed E-state index contributed by atoms with van der Waals surface area (Å²) >= 11 is 0. The lowest BCUT2D eigenvalue weighted by atomic mass is 9.72. The van der Waals surface area contributed by atoms with Crippen LogP contribution in [0, 0.1) is 16.0 Å². The van der Waals surface area contributed by atoms with Gasteiger partial charge in [-0.05, 0) is 25.3 Å². The van der Waals surface area contributed by atoms with Gasteiger partial charge in [0.05, 0.1) is 11.5 Å². The quantitative estimate of drug-likeness (QED) is 0.322. The molecular formula is C20H22N2O6. The van der Waals surface area contributed by atoms with E-state index in [0.29, 0.717) is 35.4 Å². The molecule has 0 saturated carbocycles. The molecule has 0 fully saturated rings. The third-order valence-electron chi connectivity index (χ3n) is 5.08. The Labute approximate surface area is 162 Å². The molecule has 1 unspecified atom stereocenters. The van der Waals surface area contributed by atoms with Crippen LogP contribution in [0.3, 0.4) is 0 Å². The van der Waals surface area contributed by atoms with Gasteiger partial charge in [-0.25, -0.2) is 0 Å². The monoisotopic (exact) mass is 386 g/mol. The Bertz CT molecular complexity index is 856. The molecule has 1 aromatic rings. The average molecular weight is 386 g/mol. The zero-order valence-electron chi connectivity index (χ0n) is 15.8. The maximum Gasteiger partial charge on any atom is 0.315 e. The topological polar surface area (TPSA) is 108 Å². The van der Waals surface area contributed by atoms with Crippen LogP contribution in [0.5, 0.6) is 0 Å². The van der Waals surface area contributed by atoms with E-state index in [0.717, 1.165) is 6.42 Å². The molecular weight excluding hydrogens is 364 g/mol. The molecule has 0 bridgehead atoms. The lowest BCUT2D eigenvalue weighted by molar-refractivity contribution is -0.384. The minimum Gasteiger partial charge on any atom is -0.463 e. The number of nitrogens with zero attached hydrogens (tertiary/aromatic N) is 2. The number of rotatable bonds is 6. The van der Waals surface area contributed by atoms with Crippen molar-refractivity contribution in [3.63, 3.8) is 0 Å². The Balaban J connectivity index is 2.03. The maximum atomic E-state index is 12.8. The third kappa shape index (κ3) is 3.87. The smallest absolute Gasteiger partial charge is 0.315 e. The number of nitro benzene ring substituents is 1. The highest BCUT2D eigenvalue weighted by Crippen LogP contribution is 2.43. The predicted molar refractivity (Wildman–Crippen MR) is 101 cm³/mol. The SMILES string of the molecule is COCCOC(=O)C1C(C)=NC2=C(C(=O)CCC2)[C@@H]1c1ccc([N+](=O)[O-])cc1. The van der Waals surface area contributed by atoms with Crippen LogP contribution in [0.1, 0.15) is 37.7 Å². The molecule has 8 heteroatoms. The number of carbonyl (C=O) groups is 2. The Hall–Kier alpha value is -2.87. The molecule has 1 aliphatic heterocycles. The summed E-state index contributed by atoms with van der Waals surface area (Å²) in [6.07, 6.45) is 1.81. The summed E-state index contributed by atoms with van der Waals surface area (Å²) < 4.78 is 10.3. The minimum absolute atomic E-state index is 0.0319. The van der Waals surface area contributed by atoms with E-state index in [-0.39, 0.29) is 24.7 Å². The van der Waals surface area contributed by atoms with Gasteiger partial charge >= 0.3 is 5.97 Å². The second kappa shape index (κ2) is 8.43. The van der Waals surface area contributed by atoms with Gasteiger partial charge < -0.3 is 9.47 Å². The summed E-state index contributed by atoms with van der Waals surface area (Å²) in [7, 11) is 1.51. The number of ketones is 1. The third-order valence-corrected chi connectivity index (χ3v) is 5.08. The van der Waals surface area contributed by atoms with Crippen LogP contribution in [0.25, 0.3) is 0 Å². The van der Waals surface area contributed by atoms with E-state index >= 15 is 0 Å². The van der Waals surface area contributed by atoms with E-state index in [4.69, 9.17) is 9.47 Å². The van der Waals surface area contributed by atoms with Gasteiger partial charge in [0.25, 0.3) is 5.69 Å². The summed E-state index contributed by atoms with van der Waals surface area (Å²) in [6.45, 7) is 2.12. The van der Waals surface area contributed by atoms with Gasteiger partial charge in [-0.15, -0.1) is 0 Å². The standard InChI is InChI=1S/C20H22N2O6/c1-12-17(20(24)28-11-10-27-2)18(13-6-8-14(9-7-13)22(25)26)19-15(21-12)4-3-5-16(19)23/h6-9,17-18H,3-5,10-11H2,1-2H3/t17?,18-/m1/s1. The van der Waals surface area contributed by atoms with E-state index in [9.17, 15) is 19.7 Å². The van der Waals surface area contributed by atoms with Crippen LogP contribution in [-0.2, 0) is 19.1 Å². The number of ether oxygens (including phenoxy) is 2. The molecule has 1 heterocycles. The van der Waals surface area contributed by atoms with Crippen LogP contribution >= 0.6 is 0 Å². The fourth-order valence-corrected chi connectivity index (χ4v) is 3.79. The van der Waals surface area contributed by atoms with Crippen molar-refractivity contribution in [3.8, 4) is 0 Å². The first kappa shape index (κ1) is 19.9. The number of nitro groups is 1. The molecule has 3 rings (SSSR count). The number of hydrogen-bond acceptors (Lipinski definition) is 7. The molecule has 0 spiro atoms. The summed E-state index contributed by atoms with van der Waals surface area (Å²) in [6, 6.07) is 5.97. The molecule has 0 amide bonds. The molecule has 0 saturated heterocycles. The number of allylic oxidation sites excluding steroid dienone is 2. The highest BCUT2D eigenvalue weighted by Gasteiger charge is 2.43. The fourth-order valence-electron chi connectivity index (χ4n) is 3.79. The molecule has 1 aromatic carbocycles. The van der Waals surface area contributed by atoms with Gasteiger partial charge in [0, 0.05) is 48.6 Å². The zero-order valence-corrected chi connectivity index (χ0v) is 15.8. The Morgan fingerprint density at radius 1 is 1.25 bits per heavy atom. The van der Waals surface area contributed by atoms with Crippen LogP contribution < -0.4 is 0 Å². The van der Waals surface area contributed by atoms with Crippen LogP contribution in [-0.4, -0.2) is 42.7 Å². The number of hydrogen-bond donors (Lipinski definition) is 0. The second-order valence-electron chi connectivity index (χ2n) is 6.85. The van der Waals surface area contributed by atoms with Gasteiger partial charge in [-0.3, -0.25) is 24.7 Å². The van der Waals surface area contributed by atoms with Crippen molar-refractivity contribution in [2.45, 2.75) is 32.1 Å². The van der Waals surface area contributed by atoms with E-state index in [1.165, 1.54) is 19.2 Å². The van der Waals surface area contributed by atoms with Crippen molar-refractivity contribution in [2.24, 2.45) is 10.9 Å². The van der Waals surface area contributed by atoms with Crippen molar-refractivity contribution < 1.29 is 24.0 Å². The number of aliphatic imine (C=N–C) groups is 1. The van der Waals surface area contributed by atoms with E-state index < -0.39 is 22.7 Å². The summed E-state index contributed by atoms with van der Waals surface area (Å²) in [5, 5.41) is 11.0. The Morgan fingerprint density at radius 2 is 1.96 bits per heavy atom. The maximum absolute atomic E-state index is 12.8. The minimum atomic E-state index is -0.751. The molecule has 2 aliphatic rings. The number of benzene rings is 1. The van der Waals surface area contributed by atoms with E-state index in [1.54, 1.807) is 19.1 Å². The molecule has 0 N–H and O–H groups in total. The highest BCUT2D eigenvalue weighted by atomic mass is 16.6. The second-order valence-corrected chi connectivity index (χ2v) is 6.85. The summed E-state index contributed by atoms with van der Waals surface area (Å²) in [5.74, 6) is -1.82. The molecule has 0 radical (unpaired) electrons. The number of carbonyl (C=O) groups excluding carboxylic acids is 2.